The van der Waals surface area contributed by atoms with Gasteiger partial charge in [-0.1, -0.05) is 25.1 Å². The van der Waals surface area contributed by atoms with Crippen molar-refractivity contribution in [2.75, 3.05) is 11.1 Å². The molecule has 1 amide bonds. The highest BCUT2D eigenvalue weighted by Crippen LogP contribution is 2.25. The minimum Gasteiger partial charge on any atom is -0.306 e. The summed E-state index contributed by atoms with van der Waals surface area (Å²) in [6.07, 6.45) is 0. The van der Waals surface area contributed by atoms with E-state index in [4.69, 9.17) is 5.26 Å². The zero-order valence-electron chi connectivity index (χ0n) is 10.3. The van der Waals surface area contributed by atoms with Gasteiger partial charge in [0.25, 0.3) is 5.91 Å². The van der Waals surface area contributed by atoms with Crippen LogP contribution in [0.25, 0.3) is 0 Å². The molecule has 1 aromatic carbocycles. The van der Waals surface area contributed by atoms with Gasteiger partial charge in [0, 0.05) is 5.56 Å². The minimum absolute atomic E-state index is 0.270. The van der Waals surface area contributed by atoms with Crippen molar-refractivity contribution < 1.29 is 4.79 Å². The molecule has 2 aromatic rings. The van der Waals surface area contributed by atoms with E-state index in [9.17, 15) is 4.79 Å². The first-order chi connectivity index (χ1) is 9.26. The maximum Gasteiger partial charge on any atom is 0.256 e. The van der Waals surface area contributed by atoms with Gasteiger partial charge < -0.3 is 5.32 Å². The third-order valence-corrected chi connectivity index (χ3v) is 3.26. The molecule has 0 aliphatic carbocycles. The smallest absolute Gasteiger partial charge is 0.256 e. The molecule has 1 aromatic heterocycles. The zero-order valence-corrected chi connectivity index (χ0v) is 11.1. The molecule has 0 fully saturated rings. The first-order valence-corrected chi connectivity index (χ1v) is 6.72. The Morgan fingerprint density at radius 1 is 1.47 bits per heavy atom. The number of nitriles is 1. The largest absolute Gasteiger partial charge is 0.306 e. The van der Waals surface area contributed by atoms with Crippen molar-refractivity contribution in [1.29, 1.82) is 5.26 Å². The average Bonchev–Trinajstić information content (AvgIpc) is 2.82. The number of rotatable bonds is 4. The number of aromatic nitrogens is 2. The van der Waals surface area contributed by atoms with E-state index < -0.39 is 0 Å². The maximum absolute atomic E-state index is 12.0. The number of H-pyrrole nitrogens is 1. The van der Waals surface area contributed by atoms with E-state index in [1.54, 1.807) is 24.3 Å². The van der Waals surface area contributed by atoms with Crippen molar-refractivity contribution in [3.63, 3.8) is 0 Å². The number of nitrogens with zero attached hydrogens (tertiary/aromatic N) is 2. The standard InChI is InChI=1S/C13H12N4OS/c1-2-19-13-10(8-14)11(16-17-13)15-12(18)9-6-4-3-5-7-9/h3-7H,2H2,1H3,(H2,15,16,17,18). The van der Waals surface area contributed by atoms with E-state index >= 15 is 0 Å². The molecule has 6 heteroatoms. The average molecular weight is 272 g/mol. The van der Waals surface area contributed by atoms with E-state index in [0.717, 1.165) is 5.75 Å². The van der Waals surface area contributed by atoms with Gasteiger partial charge in [0.15, 0.2) is 0 Å². The first kappa shape index (κ1) is 13.2. The number of carbonyl (C=O) groups excluding carboxylic acids is 1. The van der Waals surface area contributed by atoms with E-state index in [0.29, 0.717) is 22.0 Å². The van der Waals surface area contributed by atoms with Crippen LogP contribution < -0.4 is 5.32 Å². The van der Waals surface area contributed by atoms with Crippen LogP contribution in [0.3, 0.4) is 0 Å². The van der Waals surface area contributed by atoms with Crippen molar-refractivity contribution in [2.45, 2.75) is 11.9 Å². The van der Waals surface area contributed by atoms with Gasteiger partial charge in [-0.3, -0.25) is 9.89 Å². The zero-order chi connectivity index (χ0) is 13.7. The van der Waals surface area contributed by atoms with Crippen LogP contribution in [0.4, 0.5) is 5.82 Å². The van der Waals surface area contributed by atoms with Crippen LogP contribution in [-0.2, 0) is 0 Å². The van der Waals surface area contributed by atoms with Gasteiger partial charge in [0.05, 0.1) is 0 Å². The van der Waals surface area contributed by atoms with Crippen LogP contribution >= 0.6 is 11.8 Å². The summed E-state index contributed by atoms with van der Waals surface area (Å²) < 4.78 is 0. The Kier molecular flexibility index (Phi) is 4.21. The van der Waals surface area contributed by atoms with Crippen LogP contribution in [-0.4, -0.2) is 21.9 Å². The summed E-state index contributed by atoms with van der Waals surface area (Å²) in [5.74, 6) is 0.882. The Morgan fingerprint density at radius 2 is 2.21 bits per heavy atom. The lowest BCUT2D eigenvalue weighted by Crippen LogP contribution is -2.12. The summed E-state index contributed by atoms with van der Waals surface area (Å²) >= 11 is 1.45. The van der Waals surface area contributed by atoms with Crippen LogP contribution in [0.5, 0.6) is 0 Å². The van der Waals surface area contributed by atoms with Crippen LogP contribution in [0.15, 0.2) is 35.4 Å². The third kappa shape index (κ3) is 2.95. The fraction of sp³-hybridized carbons (Fsp3) is 0.154. The lowest BCUT2D eigenvalue weighted by molar-refractivity contribution is 0.102. The fourth-order valence-corrected chi connectivity index (χ4v) is 2.21. The Labute approximate surface area is 115 Å². The van der Waals surface area contributed by atoms with Crippen LogP contribution in [0.2, 0.25) is 0 Å². The number of amides is 1. The Hall–Kier alpha value is -2.26. The van der Waals surface area contributed by atoms with Gasteiger partial charge in [0.2, 0.25) is 0 Å². The molecule has 0 aliphatic rings. The summed E-state index contributed by atoms with van der Waals surface area (Å²) in [6.45, 7) is 1.97. The molecular weight excluding hydrogens is 260 g/mol. The molecule has 96 valence electrons. The van der Waals surface area contributed by atoms with Gasteiger partial charge in [-0.25, -0.2) is 0 Å². The minimum atomic E-state index is -0.270. The molecule has 0 radical (unpaired) electrons. The highest BCUT2D eigenvalue weighted by Gasteiger charge is 2.15. The number of thioether (sulfide) groups is 1. The molecule has 0 unspecified atom stereocenters. The molecule has 0 atom stereocenters. The predicted octanol–water partition coefficient (Wildman–Crippen LogP) is 2.65. The molecule has 0 saturated carbocycles. The van der Waals surface area contributed by atoms with Crippen molar-refractivity contribution in [3.8, 4) is 6.07 Å². The number of nitrogens with one attached hydrogen (secondary N) is 2. The summed E-state index contributed by atoms with van der Waals surface area (Å²) in [4.78, 5) is 12.0. The summed E-state index contributed by atoms with van der Waals surface area (Å²) in [6, 6.07) is 10.9. The van der Waals surface area contributed by atoms with Gasteiger partial charge >= 0.3 is 0 Å². The van der Waals surface area contributed by atoms with Crippen molar-refractivity contribution in [1.82, 2.24) is 10.2 Å². The second kappa shape index (κ2) is 6.07. The second-order valence-corrected chi connectivity index (χ2v) is 4.90. The second-order valence-electron chi connectivity index (χ2n) is 3.64. The Balaban J connectivity index is 2.20. The van der Waals surface area contributed by atoms with E-state index in [1.807, 2.05) is 13.0 Å². The van der Waals surface area contributed by atoms with Gasteiger partial charge in [-0.15, -0.1) is 11.8 Å². The monoisotopic (exact) mass is 272 g/mol. The first-order valence-electron chi connectivity index (χ1n) is 5.74. The number of hydrogen-bond acceptors (Lipinski definition) is 4. The van der Waals surface area contributed by atoms with Gasteiger partial charge in [0.1, 0.15) is 22.5 Å². The number of aromatic amines is 1. The van der Waals surface area contributed by atoms with Crippen LogP contribution in [0.1, 0.15) is 22.8 Å². The highest BCUT2D eigenvalue weighted by atomic mass is 32.2. The van der Waals surface area contributed by atoms with Gasteiger partial charge in [-0.2, -0.15) is 10.4 Å². The van der Waals surface area contributed by atoms with Gasteiger partial charge in [-0.05, 0) is 17.9 Å². The molecular formula is C13H12N4OS. The Bertz CT molecular complexity index is 615. The highest BCUT2D eigenvalue weighted by molar-refractivity contribution is 7.99. The number of anilines is 1. The fourth-order valence-electron chi connectivity index (χ4n) is 1.54. The number of benzene rings is 1. The lowest BCUT2D eigenvalue weighted by atomic mass is 10.2. The van der Waals surface area contributed by atoms with Crippen molar-refractivity contribution in [2.24, 2.45) is 0 Å². The molecule has 0 aliphatic heterocycles. The van der Waals surface area contributed by atoms with E-state index in [2.05, 4.69) is 21.6 Å². The normalized spacial score (nSPS) is 9.89. The molecule has 0 bridgehead atoms. The number of hydrogen-bond donors (Lipinski definition) is 2. The van der Waals surface area contributed by atoms with Crippen LogP contribution in [0, 0.1) is 11.3 Å². The van der Waals surface area contributed by atoms with E-state index in [-0.39, 0.29) is 5.91 Å². The molecule has 0 spiro atoms. The molecule has 19 heavy (non-hydrogen) atoms. The number of carbonyl (C=O) groups is 1. The molecule has 2 N–H and O–H groups in total. The SMILES string of the molecule is CCSc1n[nH]c(NC(=O)c2ccccc2)c1C#N. The summed E-state index contributed by atoms with van der Waals surface area (Å²) in [5.41, 5.74) is 0.904. The van der Waals surface area contributed by atoms with Crippen molar-refractivity contribution >= 4 is 23.5 Å². The molecule has 0 saturated heterocycles. The Morgan fingerprint density at radius 3 is 2.84 bits per heavy atom. The molecule has 2 rings (SSSR count). The summed E-state index contributed by atoms with van der Waals surface area (Å²) in [7, 11) is 0. The third-order valence-electron chi connectivity index (χ3n) is 2.40. The maximum atomic E-state index is 12.0. The lowest BCUT2D eigenvalue weighted by Gasteiger charge is -2.02. The molecule has 5 nitrogen and oxygen atoms in total. The quantitative estimate of drug-likeness (QED) is 0.838. The predicted molar refractivity (Wildman–Crippen MR) is 74.1 cm³/mol. The molecule has 1 heterocycles. The van der Waals surface area contributed by atoms with E-state index in [1.165, 1.54) is 11.8 Å². The summed E-state index contributed by atoms with van der Waals surface area (Å²) in [5, 5.41) is 19.1. The van der Waals surface area contributed by atoms with Crippen molar-refractivity contribution in [3.05, 3.63) is 41.5 Å². The topological polar surface area (TPSA) is 81.6 Å².